The number of aryl methyl sites for hydroxylation is 3. The van der Waals surface area contributed by atoms with Gasteiger partial charge in [0.1, 0.15) is 5.69 Å². The molecule has 0 saturated carbocycles. The van der Waals surface area contributed by atoms with Crippen molar-refractivity contribution in [1.29, 1.82) is 0 Å². The van der Waals surface area contributed by atoms with E-state index in [0.29, 0.717) is 43.5 Å². The second-order valence-electron chi connectivity index (χ2n) is 7.50. The highest BCUT2D eigenvalue weighted by molar-refractivity contribution is 5.86. The van der Waals surface area contributed by atoms with Crippen molar-refractivity contribution >= 4 is 11.8 Å². The van der Waals surface area contributed by atoms with Crippen LogP contribution in [0.15, 0.2) is 56.5 Å². The smallest absolute Gasteiger partial charge is 0.276 e. The largest absolute Gasteiger partial charge is 0.368 e. The Kier molecular flexibility index (Phi) is 6.34. The quantitative estimate of drug-likeness (QED) is 0.571. The van der Waals surface area contributed by atoms with Crippen molar-refractivity contribution in [1.82, 2.24) is 30.6 Å². The number of hydrogen-bond acceptors (Lipinski definition) is 8. The fourth-order valence-electron chi connectivity index (χ4n) is 3.45. The van der Waals surface area contributed by atoms with Gasteiger partial charge in [-0.05, 0) is 19.4 Å². The highest BCUT2D eigenvalue weighted by atomic mass is 16.5. The lowest BCUT2D eigenvalue weighted by molar-refractivity contribution is -0.121. The van der Waals surface area contributed by atoms with Gasteiger partial charge in [0.25, 0.3) is 5.91 Å². The Hall–Kier alpha value is -3.89. The van der Waals surface area contributed by atoms with Crippen molar-refractivity contribution in [2.75, 3.05) is 13.1 Å². The second kappa shape index (κ2) is 9.50. The SMILES string of the molecule is Cc1cc(-c2noc(CCC(=O)NCCCNC3=C4C=CC=CC4C(=O)N=N3)n2)n(C)n1. The van der Waals surface area contributed by atoms with Crippen LogP contribution in [0.2, 0.25) is 0 Å². The minimum Gasteiger partial charge on any atom is -0.368 e. The Morgan fingerprint density at radius 3 is 2.94 bits per heavy atom. The summed E-state index contributed by atoms with van der Waals surface area (Å²) in [5.41, 5.74) is 2.45. The van der Waals surface area contributed by atoms with Gasteiger partial charge in [-0.2, -0.15) is 10.1 Å². The number of carbonyl (C=O) groups is 2. The van der Waals surface area contributed by atoms with Crippen LogP contribution in [0.1, 0.15) is 24.4 Å². The van der Waals surface area contributed by atoms with Gasteiger partial charge in [0.2, 0.25) is 17.6 Å². The molecule has 0 radical (unpaired) electrons. The summed E-state index contributed by atoms with van der Waals surface area (Å²) in [6.07, 6.45) is 8.68. The first-order valence-corrected chi connectivity index (χ1v) is 10.4. The number of allylic oxidation sites excluding steroid dienone is 3. The van der Waals surface area contributed by atoms with Crippen molar-refractivity contribution in [3.05, 3.63) is 53.3 Å². The fraction of sp³-hybridized carbons (Fsp3) is 0.381. The number of carbonyl (C=O) groups excluding carboxylic acids is 2. The second-order valence-corrected chi connectivity index (χ2v) is 7.50. The molecule has 0 saturated heterocycles. The van der Waals surface area contributed by atoms with Gasteiger partial charge in [0.15, 0.2) is 5.82 Å². The lowest BCUT2D eigenvalue weighted by atomic mass is 9.93. The molecule has 1 aliphatic carbocycles. The standard InChI is InChI=1S/C21H24N8O3/c1-13-12-16(29(2)27-13)20-24-18(32-28-20)9-8-17(30)22-10-5-11-23-19-14-6-3-4-7-15(14)21(31)26-25-19/h3-4,6-7,12,15,23H,5,8-11H2,1-2H3,(H,22,30). The van der Waals surface area contributed by atoms with E-state index in [0.717, 1.165) is 17.0 Å². The Bertz CT molecular complexity index is 1140. The number of fused-ring (bicyclic) bond motifs is 1. The topological polar surface area (TPSA) is 140 Å². The van der Waals surface area contributed by atoms with E-state index in [1.165, 1.54) is 0 Å². The van der Waals surface area contributed by atoms with Gasteiger partial charge < -0.3 is 15.2 Å². The van der Waals surface area contributed by atoms with Crippen molar-refractivity contribution in [3.63, 3.8) is 0 Å². The van der Waals surface area contributed by atoms with E-state index in [1.807, 2.05) is 44.3 Å². The first-order valence-electron chi connectivity index (χ1n) is 10.4. The van der Waals surface area contributed by atoms with Gasteiger partial charge in [0, 0.05) is 38.6 Å². The van der Waals surface area contributed by atoms with Gasteiger partial charge in [0.05, 0.1) is 11.6 Å². The van der Waals surface area contributed by atoms with Crippen molar-refractivity contribution in [2.24, 2.45) is 23.2 Å². The van der Waals surface area contributed by atoms with Crippen LogP contribution in [0, 0.1) is 12.8 Å². The van der Waals surface area contributed by atoms with E-state index in [4.69, 9.17) is 4.52 Å². The highest BCUT2D eigenvalue weighted by Crippen LogP contribution is 2.27. The molecule has 166 valence electrons. The molecule has 0 bridgehead atoms. The lowest BCUT2D eigenvalue weighted by Crippen LogP contribution is -2.28. The maximum absolute atomic E-state index is 12.1. The van der Waals surface area contributed by atoms with Gasteiger partial charge in [-0.3, -0.25) is 14.3 Å². The van der Waals surface area contributed by atoms with Crippen LogP contribution < -0.4 is 10.6 Å². The molecule has 2 aromatic heterocycles. The molecule has 32 heavy (non-hydrogen) atoms. The number of azo groups is 1. The third-order valence-corrected chi connectivity index (χ3v) is 5.05. The molecule has 4 rings (SSSR count). The first-order chi connectivity index (χ1) is 15.5. The Morgan fingerprint density at radius 1 is 1.25 bits per heavy atom. The maximum Gasteiger partial charge on any atom is 0.276 e. The molecule has 2 aliphatic rings. The molecule has 11 heteroatoms. The predicted octanol–water partition coefficient (Wildman–Crippen LogP) is 1.75. The van der Waals surface area contributed by atoms with E-state index in [1.54, 1.807) is 4.68 Å². The molecule has 0 fully saturated rings. The minimum absolute atomic E-state index is 0.0912. The van der Waals surface area contributed by atoms with Gasteiger partial charge in [-0.25, -0.2) is 0 Å². The van der Waals surface area contributed by atoms with Crippen molar-refractivity contribution in [3.8, 4) is 11.5 Å². The predicted molar refractivity (Wildman–Crippen MR) is 114 cm³/mol. The number of nitrogens with zero attached hydrogens (tertiary/aromatic N) is 6. The minimum atomic E-state index is -0.369. The Morgan fingerprint density at radius 2 is 2.12 bits per heavy atom. The Labute approximate surface area is 184 Å². The summed E-state index contributed by atoms with van der Waals surface area (Å²) in [6.45, 7) is 2.99. The molecular weight excluding hydrogens is 412 g/mol. The van der Waals surface area contributed by atoms with E-state index in [2.05, 4.69) is 36.1 Å². The molecule has 3 heterocycles. The normalized spacial score (nSPS) is 17.1. The van der Waals surface area contributed by atoms with E-state index < -0.39 is 0 Å². The molecule has 1 unspecified atom stereocenters. The number of aromatic nitrogens is 4. The molecule has 1 atom stereocenters. The molecule has 0 spiro atoms. The molecule has 2 aromatic rings. The van der Waals surface area contributed by atoms with Gasteiger partial charge in [-0.15, -0.1) is 10.2 Å². The summed E-state index contributed by atoms with van der Waals surface area (Å²) >= 11 is 0. The highest BCUT2D eigenvalue weighted by Gasteiger charge is 2.26. The van der Waals surface area contributed by atoms with Crippen LogP contribution in [0.5, 0.6) is 0 Å². The molecule has 2 N–H and O–H groups in total. The van der Waals surface area contributed by atoms with Crippen molar-refractivity contribution in [2.45, 2.75) is 26.2 Å². The van der Waals surface area contributed by atoms with Gasteiger partial charge >= 0.3 is 0 Å². The third kappa shape index (κ3) is 4.88. The average molecular weight is 436 g/mol. The molecule has 0 aromatic carbocycles. The average Bonchev–Trinajstić information content (AvgIpc) is 3.39. The van der Waals surface area contributed by atoms with Crippen LogP contribution in [-0.2, 0) is 23.1 Å². The van der Waals surface area contributed by atoms with Crippen LogP contribution in [-0.4, -0.2) is 44.8 Å². The van der Waals surface area contributed by atoms with Gasteiger partial charge in [-0.1, -0.05) is 29.5 Å². The summed E-state index contributed by atoms with van der Waals surface area (Å²) in [5.74, 6) is 0.736. The molecule has 1 aliphatic heterocycles. The van der Waals surface area contributed by atoms with E-state index in [-0.39, 0.29) is 24.2 Å². The summed E-state index contributed by atoms with van der Waals surface area (Å²) in [4.78, 5) is 28.3. The van der Waals surface area contributed by atoms with Crippen LogP contribution in [0.4, 0.5) is 0 Å². The lowest BCUT2D eigenvalue weighted by Gasteiger charge is -2.20. The summed E-state index contributed by atoms with van der Waals surface area (Å²) < 4.78 is 6.93. The zero-order chi connectivity index (χ0) is 22.5. The zero-order valence-corrected chi connectivity index (χ0v) is 17.9. The number of amides is 2. The fourth-order valence-corrected chi connectivity index (χ4v) is 3.45. The molecular formula is C21H24N8O3. The van der Waals surface area contributed by atoms with Crippen LogP contribution >= 0.6 is 0 Å². The summed E-state index contributed by atoms with van der Waals surface area (Å²) in [7, 11) is 1.82. The number of rotatable bonds is 9. The molecule has 2 amide bonds. The Balaban J connectivity index is 1.17. The van der Waals surface area contributed by atoms with Crippen LogP contribution in [0.3, 0.4) is 0 Å². The number of nitrogens with one attached hydrogen (secondary N) is 2. The van der Waals surface area contributed by atoms with Crippen LogP contribution in [0.25, 0.3) is 11.5 Å². The summed E-state index contributed by atoms with van der Waals surface area (Å²) in [5, 5.41) is 21.9. The summed E-state index contributed by atoms with van der Waals surface area (Å²) in [6, 6.07) is 1.88. The third-order valence-electron chi connectivity index (χ3n) is 5.05. The number of hydrogen-bond donors (Lipinski definition) is 2. The maximum atomic E-state index is 12.1. The first kappa shape index (κ1) is 21.3. The van der Waals surface area contributed by atoms with E-state index in [9.17, 15) is 9.59 Å². The van der Waals surface area contributed by atoms with E-state index >= 15 is 0 Å². The monoisotopic (exact) mass is 436 g/mol. The van der Waals surface area contributed by atoms with Crippen molar-refractivity contribution < 1.29 is 14.1 Å². The zero-order valence-electron chi connectivity index (χ0n) is 17.9. The molecule has 11 nitrogen and oxygen atoms in total.